The van der Waals surface area contributed by atoms with Gasteiger partial charge in [0.15, 0.2) is 0 Å². The van der Waals surface area contributed by atoms with E-state index in [1.54, 1.807) is 11.3 Å². The lowest BCUT2D eigenvalue weighted by Crippen LogP contribution is -1.79. The Kier molecular flexibility index (Phi) is 2.69. The molecule has 0 aliphatic heterocycles. The highest BCUT2D eigenvalue weighted by Crippen LogP contribution is 2.24. The van der Waals surface area contributed by atoms with Crippen LogP contribution in [-0.2, 0) is 0 Å². The molecule has 1 heterocycles. The van der Waals surface area contributed by atoms with E-state index in [1.165, 1.54) is 16.0 Å². The highest BCUT2D eigenvalue weighted by Gasteiger charge is 2.01. The molecule has 0 spiro atoms. The van der Waals surface area contributed by atoms with Crippen LogP contribution in [0.25, 0.3) is 5.57 Å². The molecular formula is C8H9BrS. The number of allylic oxidation sites excluding steroid dienone is 1. The fraction of sp³-hybridized carbons (Fsp3) is 0.250. The van der Waals surface area contributed by atoms with Crippen molar-refractivity contribution in [3.63, 3.8) is 0 Å². The molecule has 54 valence electrons. The van der Waals surface area contributed by atoms with Crippen LogP contribution >= 0.6 is 27.3 Å². The van der Waals surface area contributed by atoms with Crippen molar-refractivity contribution in [1.29, 1.82) is 0 Å². The van der Waals surface area contributed by atoms with Crippen molar-refractivity contribution in [2.45, 2.75) is 6.92 Å². The van der Waals surface area contributed by atoms with Gasteiger partial charge in [0.1, 0.15) is 0 Å². The largest absolute Gasteiger partial charge is 0.144 e. The van der Waals surface area contributed by atoms with Crippen molar-refractivity contribution < 1.29 is 0 Å². The molecule has 0 fully saturated rings. The van der Waals surface area contributed by atoms with Gasteiger partial charge in [-0.1, -0.05) is 22.5 Å². The van der Waals surface area contributed by atoms with E-state index in [0.717, 1.165) is 5.33 Å². The third-order valence-electron chi connectivity index (χ3n) is 1.34. The van der Waals surface area contributed by atoms with Gasteiger partial charge in [-0.05, 0) is 29.5 Å². The maximum atomic E-state index is 3.94. The Balaban J connectivity index is 2.93. The Morgan fingerprint density at radius 2 is 2.50 bits per heavy atom. The van der Waals surface area contributed by atoms with Gasteiger partial charge in [0.2, 0.25) is 0 Å². The van der Waals surface area contributed by atoms with Crippen molar-refractivity contribution in [2.75, 3.05) is 5.33 Å². The molecule has 0 amide bonds. The third kappa shape index (κ3) is 1.50. The van der Waals surface area contributed by atoms with Gasteiger partial charge in [-0.2, -0.15) is 0 Å². The van der Waals surface area contributed by atoms with E-state index >= 15 is 0 Å². The molecule has 0 unspecified atom stereocenters. The van der Waals surface area contributed by atoms with E-state index in [4.69, 9.17) is 0 Å². The molecule has 0 aliphatic rings. The Morgan fingerprint density at radius 3 is 2.90 bits per heavy atom. The average molecular weight is 217 g/mol. The molecule has 0 N–H and O–H groups in total. The lowest BCUT2D eigenvalue weighted by Gasteiger charge is -1.97. The first-order valence-corrected chi connectivity index (χ1v) is 5.04. The Morgan fingerprint density at radius 1 is 1.80 bits per heavy atom. The summed E-state index contributed by atoms with van der Waals surface area (Å²) in [5.74, 6) is 0. The summed E-state index contributed by atoms with van der Waals surface area (Å²) in [5, 5.41) is 2.97. The van der Waals surface area contributed by atoms with E-state index in [0.29, 0.717) is 0 Å². The number of rotatable bonds is 2. The number of hydrogen-bond acceptors (Lipinski definition) is 1. The van der Waals surface area contributed by atoms with Gasteiger partial charge < -0.3 is 0 Å². The third-order valence-corrected chi connectivity index (χ3v) is 3.14. The summed E-state index contributed by atoms with van der Waals surface area (Å²) in [5.41, 5.74) is 2.50. The zero-order chi connectivity index (χ0) is 7.56. The van der Waals surface area contributed by atoms with Crippen LogP contribution in [-0.4, -0.2) is 5.33 Å². The Hall–Kier alpha value is -0.0800. The molecule has 0 atom stereocenters. The number of alkyl halides is 1. The molecular weight excluding hydrogens is 208 g/mol. The number of hydrogen-bond donors (Lipinski definition) is 0. The molecule has 0 aliphatic carbocycles. The Labute approximate surface area is 73.7 Å². The quantitative estimate of drug-likeness (QED) is 0.665. The van der Waals surface area contributed by atoms with Gasteiger partial charge in [-0.3, -0.25) is 0 Å². The van der Waals surface area contributed by atoms with Crippen LogP contribution in [0.15, 0.2) is 18.0 Å². The van der Waals surface area contributed by atoms with Crippen molar-refractivity contribution in [3.05, 3.63) is 28.5 Å². The summed E-state index contributed by atoms with van der Waals surface area (Å²) < 4.78 is 0. The molecule has 1 aromatic heterocycles. The summed E-state index contributed by atoms with van der Waals surface area (Å²) in [6.45, 7) is 6.05. The van der Waals surface area contributed by atoms with Gasteiger partial charge in [0, 0.05) is 10.2 Å². The highest BCUT2D eigenvalue weighted by molar-refractivity contribution is 9.09. The molecule has 1 aromatic rings. The fourth-order valence-corrected chi connectivity index (χ4v) is 2.16. The predicted molar refractivity (Wildman–Crippen MR) is 51.9 cm³/mol. The van der Waals surface area contributed by atoms with Crippen LogP contribution < -0.4 is 0 Å². The van der Waals surface area contributed by atoms with Crippen molar-refractivity contribution in [3.8, 4) is 0 Å². The second kappa shape index (κ2) is 3.35. The molecule has 0 saturated carbocycles. The van der Waals surface area contributed by atoms with Crippen LogP contribution in [0.2, 0.25) is 0 Å². The van der Waals surface area contributed by atoms with Crippen LogP contribution in [0.1, 0.15) is 10.4 Å². The van der Waals surface area contributed by atoms with Gasteiger partial charge in [0.05, 0.1) is 0 Å². The predicted octanol–water partition coefficient (Wildman–Crippen LogP) is 3.46. The normalized spacial score (nSPS) is 9.80. The highest BCUT2D eigenvalue weighted by atomic mass is 79.9. The smallest absolute Gasteiger partial charge is 0.0334 e. The molecule has 0 aromatic carbocycles. The minimum Gasteiger partial charge on any atom is -0.144 e. The van der Waals surface area contributed by atoms with E-state index in [9.17, 15) is 0 Å². The first-order valence-electron chi connectivity index (χ1n) is 3.04. The minimum atomic E-state index is 0.869. The molecule has 1 rings (SSSR count). The van der Waals surface area contributed by atoms with Crippen molar-refractivity contribution in [2.24, 2.45) is 0 Å². The van der Waals surface area contributed by atoms with Gasteiger partial charge in [0.25, 0.3) is 0 Å². The molecule has 2 heteroatoms. The SMILES string of the molecule is C=C(CBr)c1sccc1C. The van der Waals surface area contributed by atoms with Crippen LogP contribution in [0.3, 0.4) is 0 Å². The first-order chi connectivity index (χ1) is 4.75. The fourth-order valence-electron chi connectivity index (χ4n) is 0.796. The minimum absolute atomic E-state index is 0.869. The molecule has 0 nitrogen and oxygen atoms in total. The molecule has 10 heavy (non-hydrogen) atoms. The van der Waals surface area contributed by atoms with Gasteiger partial charge >= 0.3 is 0 Å². The molecule has 0 bridgehead atoms. The number of aryl methyl sites for hydroxylation is 1. The van der Waals surface area contributed by atoms with Gasteiger partial charge in [-0.25, -0.2) is 0 Å². The van der Waals surface area contributed by atoms with E-state index in [-0.39, 0.29) is 0 Å². The van der Waals surface area contributed by atoms with E-state index in [2.05, 4.69) is 40.9 Å². The zero-order valence-electron chi connectivity index (χ0n) is 5.86. The number of halogens is 1. The summed E-state index contributed by atoms with van der Waals surface area (Å²) in [4.78, 5) is 1.32. The maximum absolute atomic E-state index is 3.94. The summed E-state index contributed by atoms with van der Waals surface area (Å²) in [7, 11) is 0. The second-order valence-electron chi connectivity index (χ2n) is 2.17. The summed E-state index contributed by atoms with van der Waals surface area (Å²) in [6, 6.07) is 2.12. The summed E-state index contributed by atoms with van der Waals surface area (Å²) in [6.07, 6.45) is 0. The van der Waals surface area contributed by atoms with Crippen LogP contribution in [0.4, 0.5) is 0 Å². The summed E-state index contributed by atoms with van der Waals surface area (Å²) >= 11 is 5.13. The lowest BCUT2D eigenvalue weighted by atomic mass is 10.2. The molecule has 0 radical (unpaired) electrons. The monoisotopic (exact) mass is 216 g/mol. The van der Waals surface area contributed by atoms with Crippen LogP contribution in [0.5, 0.6) is 0 Å². The topological polar surface area (TPSA) is 0 Å². The van der Waals surface area contributed by atoms with E-state index in [1.807, 2.05) is 0 Å². The van der Waals surface area contributed by atoms with E-state index < -0.39 is 0 Å². The average Bonchev–Trinajstić information content (AvgIpc) is 2.34. The van der Waals surface area contributed by atoms with Gasteiger partial charge in [-0.15, -0.1) is 11.3 Å². The lowest BCUT2D eigenvalue weighted by molar-refractivity contribution is 1.51. The maximum Gasteiger partial charge on any atom is 0.0334 e. The van der Waals surface area contributed by atoms with Crippen molar-refractivity contribution in [1.82, 2.24) is 0 Å². The molecule has 0 saturated heterocycles. The first kappa shape index (κ1) is 8.02. The second-order valence-corrected chi connectivity index (χ2v) is 3.65. The standard InChI is InChI=1S/C8H9BrS/c1-6-3-4-10-8(6)7(2)5-9/h3-4H,2,5H2,1H3. The zero-order valence-corrected chi connectivity index (χ0v) is 8.26. The van der Waals surface area contributed by atoms with Crippen molar-refractivity contribution >= 4 is 32.8 Å². The number of thiophene rings is 1. The van der Waals surface area contributed by atoms with Crippen LogP contribution in [0, 0.1) is 6.92 Å². The Bertz CT molecular complexity index is 237.